The highest BCUT2D eigenvalue weighted by Crippen LogP contribution is 2.33. The molecule has 3 aromatic rings. The number of amides is 2. The highest BCUT2D eigenvalue weighted by molar-refractivity contribution is 6.11. The highest BCUT2D eigenvalue weighted by atomic mass is 16.4. The number of likely N-dealkylation sites (N-methyl/N-ethyl adjacent to an activating group) is 1. The number of aromatic carboxylic acids is 1. The number of fused-ring (bicyclic) bond motifs is 1. The number of aliphatic hydroxyl groups excluding tert-OH is 1. The normalized spacial score (nSPS) is 15.9. The number of nitrogens with two attached hydrogens (primary N) is 1. The summed E-state index contributed by atoms with van der Waals surface area (Å²) in [4.78, 5) is 44.7. The molecule has 1 aliphatic heterocycles. The molecule has 2 heterocycles. The first-order chi connectivity index (χ1) is 15.8. The number of hydrogen-bond donors (Lipinski definition) is 3. The van der Waals surface area contributed by atoms with Crippen LogP contribution in [0.3, 0.4) is 0 Å². The number of carboxylic acids is 1. The lowest BCUT2D eigenvalue weighted by Gasteiger charge is -2.28. The Morgan fingerprint density at radius 2 is 1.85 bits per heavy atom. The van der Waals surface area contributed by atoms with Crippen LogP contribution in [0.25, 0.3) is 11.1 Å². The molecule has 2 amide bonds. The van der Waals surface area contributed by atoms with E-state index < -0.39 is 30.4 Å². The fraction of sp³-hybridized carbons (Fsp3) is 0.167. The molecule has 1 atom stereocenters. The van der Waals surface area contributed by atoms with Crippen molar-refractivity contribution < 1.29 is 24.6 Å². The Morgan fingerprint density at radius 3 is 2.55 bits per heavy atom. The second-order valence-electron chi connectivity index (χ2n) is 7.74. The van der Waals surface area contributed by atoms with E-state index in [1.54, 1.807) is 55.7 Å². The second-order valence-corrected chi connectivity index (χ2v) is 7.74. The number of pyridine rings is 1. The minimum Gasteiger partial charge on any atom is -0.478 e. The molecule has 0 spiro atoms. The maximum absolute atomic E-state index is 13.5. The van der Waals surface area contributed by atoms with Crippen molar-refractivity contribution in [3.8, 4) is 11.1 Å². The van der Waals surface area contributed by atoms with Crippen LogP contribution < -0.4 is 10.6 Å². The Hall–Kier alpha value is -4.24. The molecule has 0 saturated carbocycles. The number of nitrogen functional groups attached to an aromatic ring is 1. The largest absolute Gasteiger partial charge is 0.478 e. The van der Waals surface area contributed by atoms with Gasteiger partial charge in [0.2, 0.25) is 0 Å². The molecule has 33 heavy (non-hydrogen) atoms. The van der Waals surface area contributed by atoms with Gasteiger partial charge in [0.05, 0.1) is 23.4 Å². The average molecular weight is 446 g/mol. The molecule has 4 rings (SSSR count). The van der Waals surface area contributed by atoms with Gasteiger partial charge in [0.25, 0.3) is 11.8 Å². The molecule has 0 radical (unpaired) electrons. The van der Waals surface area contributed by atoms with Gasteiger partial charge in [-0.05, 0) is 53.1 Å². The third-order valence-electron chi connectivity index (χ3n) is 5.66. The summed E-state index contributed by atoms with van der Waals surface area (Å²) in [7, 11) is 1.55. The predicted octanol–water partition coefficient (Wildman–Crippen LogP) is 2.01. The van der Waals surface area contributed by atoms with E-state index >= 15 is 0 Å². The molecular weight excluding hydrogens is 424 g/mol. The van der Waals surface area contributed by atoms with Gasteiger partial charge in [0.1, 0.15) is 11.9 Å². The van der Waals surface area contributed by atoms with E-state index in [1.807, 2.05) is 0 Å². The zero-order valence-electron chi connectivity index (χ0n) is 17.8. The van der Waals surface area contributed by atoms with Gasteiger partial charge in [0.15, 0.2) is 0 Å². The van der Waals surface area contributed by atoms with Gasteiger partial charge in [-0.1, -0.05) is 18.2 Å². The molecular formula is C24H22N4O5. The zero-order valence-corrected chi connectivity index (χ0v) is 17.8. The topological polar surface area (TPSA) is 137 Å². The number of hydrogen-bond acceptors (Lipinski definition) is 6. The number of carbonyl (C=O) groups is 3. The summed E-state index contributed by atoms with van der Waals surface area (Å²) in [5, 5.41) is 19.3. The van der Waals surface area contributed by atoms with Crippen molar-refractivity contribution in [2.24, 2.45) is 0 Å². The predicted molar refractivity (Wildman–Crippen MR) is 122 cm³/mol. The molecule has 2 aromatic carbocycles. The lowest BCUT2D eigenvalue weighted by Crippen LogP contribution is -2.49. The number of aliphatic hydroxyl groups is 1. The number of benzene rings is 2. The zero-order chi connectivity index (χ0) is 23.7. The van der Waals surface area contributed by atoms with Crippen molar-refractivity contribution in [2.45, 2.75) is 12.6 Å². The number of carboxylic acid groups (broad SMARTS) is 1. The summed E-state index contributed by atoms with van der Waals surface area (Å²) in [5.41, 5.74) is 8.61. The van der Waals surface area contributed by atoms with E-state index in [0.29, 0.717) is 22.6 Å². The Kier molecular flexibility index (Phi) is 5.80. The maximum Gasteiger partial charge on any atom is 0.335 e. The first-order valence-corrected chi connectivity index (χ1v) is 10.2. The smallest absolute Gasteiger partial charge is 0.335 e. The Bertz CT molecular complexity index is 1260. The number of aromatic nitrogens is 1. The van der Waals surface area contributed by atoms with E-state index in [-0.39, 0.29) is 12.1 Å². The van der Waals surface area contributed by atoms with E-state index in [0.717, 1.165) is 11.1 Å². The summed E-state index contributed by atoms with van der Waals surface area (Å²) in [6.07, 6.45) is 1.57. The van der Waals surface area contributed by atoms with Crippen molar-refractivity contribution in [1.82, 2.24) is 9.88 Å². The monoisotopic (exact) mass is 446 g/mol. The van der Waals surface area contributed by atoms with E-state index in [2.05, 4.69) is 4.98 Å². The SMILES string of the molecule is CN1C(=O)[C@@H](CO)N(Cc2cccc(C(=O)O)c2)C(=O)c2ccc(-c3ccnc(N)c3)cc21. The summed E-state index contributed by atoms with van der Waals surface area (Å²) >= 11 is 0. The quantitative estimate of drug-likeness (QED) is 0.545. The standard InChI is InChI=1S/C24H22N4O5/c1-27-19-10-15(16-7-8-26-21(25)11-16)5-6-18(19)22(30)28(20(13-29)23(27)31)12-14-3-2-4-17(9-14)24(32)33/h2-11,20,29H,12-13H2,1H3,(H2,25,26)(H,32,33)/t20-/m1/s1. The molecule has 1 aliphatic rings. The Labute approximate surface area is 189 Å². The van der Waals surface area contributed by atoms with Gasteiger partial charge in [-0.15, -0.1) is 0 Å². The van der Waals surface area contributed by atoms with Gasteiger partial charge in [-0.3, -0.25) is 9.59 Å². The van der Waals surface area contributed by atoms with Crippen molar-refractivity contribution in [3.63, 3.8) is 0 Å². The van der Waals surface area contributed by atoms with Crippen LogP contribution in [0.1, 0.15) is 26.3 Å². The molecule has 9 nitrogen and oxygen atoms in total. The summed E-state index contributed by atoms with van der Waals surface area (Å²) in [5.74, 6) is -1.64. The average Bonchev–Trinajstić information content (AvgIpc) is 2.88. The third kappa shape index (κ3) is 4.13. The van der Waals surface area contributed by atoms with Crippen molar-refractivity contribution in [2.75, 3.05) is 24.3 Å². The fourth-order valence-electron chi connectivity index (χ4n) is 3.93. The molecule has 0 aliphatic carbocycles. The number of carbonyl (C=O) groups excluding carboxylic acids is 2. The van der Waals surface area contributed by atoms with Crippen LogP contribution in [0.15, 0.2) is 60.8 Å². The molecule has 4 N–H and O–H groups in total. The summed E-state index contributed by atoms with van der Waals surface area (Å²) < 4.78 is 0. The van der Waals surface area contributed by atoms with Crippen LogP contribution in [0.5, 0.6) is 0 Å². The molecule has 1 aromatic heterocycles. The van der Waals surface area contributed by atoms with E-state index in [9.17, 15) is 24.6 Å². The first-order valence-electron chi connectivity index (χ1n) is 10.2. The number of nitrogens with zero attached hydrogens (tertiary/aromatic N) is 3. The van der Waals surface area contributed by atoms with E-state index in [4.69, 9.17) is 5.73 Å². The van der Waals surface area contributed by atoms with Crippen LogP contribution in [0, 0.1) is 0 Å². The maximum atomic E-state index is 13.5. The molecule has 0 unspecified atom stereocenters. The van der Waals surface area contributed by atoms with Crippen LogP contribution in [0.2, 0.25) is 0 Å². The van der Waals surface area contributed by atoms with Crippen molar-refractivity contribution in [3.05, 3.63) is 77.5 Å². The molecule has 0 saturated heterocycles. The van der Waals surface area contributed by atoms with Crippen LogP contribution >= 0.6 is 0 Å². The first kappa shape index (κ1) is 22.0. The minimum atomic E-state index is -1.12. The van der Waals surface area contributed by atoms with Gasteiger partial charge < -0.3 is 25.7 Å². The van der Waals surface area contributed by atoms with Crippen LogP contribution in [-0.2, 0) is 11.3 Å². The van der Waals surface area contributed by atoms with Crippen LogP contribution in [-0.4, -0.2) is 57.6 Å². The number of rotatable bonds is 5. The Morgan fingerprint density at radius 1 is 1.09 bits per heavy atom. The molecule has 9 heteroatoms. The van der Waals surface area contributed by atoms with E-state index in [1.165, 1.54) is 21.9 Å². The number of anilines is 2. The lowest BCUT2D eigenvalue weighted by atomic mass is 10.0. The molecule has 0 bridgehead atoms. The summed E-state index contributed by atoms with van der Waals surface area (Å²) in [6.45, 7) is -0.609. The van der Waals surface area contributed by atoms with Crippen LogP contribution in [0.4, 0.5) is 11.5 Å². The van der Waals surface area contributed by atoms with Gasteiger partial charge in [-0.25, -0.2) is 9.78 Å². The Balaban J connectivity index is 1.77. The van der Waals surface area contributed by atoms with Crippen molar-refractivity contribution >= 4 is 29.3 Å². The third-order valence-corrected chi connectivity index (χ3v) is 5.66. The van der Waals surface area contributed by atoms with Gasteiger partial charge in [-0.2, -0.15) is 0 Å². The van der Waals surface area contributed by atoms with Gasteiger partial charge in [0, 0.05) is 19.8 Å². The molecule has 0 fully saturated rings. The molecule has 168 valence electrons. The fourth-order valence-corrected chi connectivity index (χ4v) is 3.93. The van der Waals surface area contributed by atoms with Crippen molar-refractivity contribution in [1.29, 1.82) is 0 Å². The summed E-state index contributed by atoms with van der Waals surface area (Å²) in [6, 6.07) is 13.6. The van der Waals surface area contributed by atoms with Gasteiger partial charge >= 0.3 is 5.97 Å². The lowest BCUT2D eigenvalue weighted by molar-refractivity contribution is -0.124. The highest BCUT2D eigenvalue weighted by Gasteiger charge is 2.38. The minimum absolute atomic E-state index is 0.0349. The second kappa shape index (κ2) is 8.71.